The lowest BCUT2D eigenvalue weighted by molar-refractivity contribution is 0.415. The number of nitriles is 1. The fourth-order valence-corrected chi connectivity index (χ4v) is 1.11. The maximum Gasteiger partial charge on any atom is 0.118 e. The molecule has 72 valence electrons. The zero-order valence-corrected chi connectivity index (χ0v) is 8.45. The van der Waals surface area contributed by atoms with E-state index in [0.29, 0.717) is 0 Å². The molecule has 1 rings (SSSR count). The van der Waals surface area contributed by atoms with Crippen LogP contribution in [0.1, 0.15) is 18.9 Å². The van der Waals surface area contributed by atoms with Crippen molar-refractivity contribution in [2.24, 2.45) is 0 Å². The van der Waals surface area contributed by atoms with Crippen molar-refractivity contribution in [1.29, 1.82) is 5.26 Å². The molecule has 0 N–H and O–H groups in total. The van der Waals surface area contributed by atoms with Gasteiger partial charge in [-0.05, 0) is 30.2 Å². The Labute approximate surface area is 84.4 Å². The zero-order valence-electron chi connectivity index (χ0n) is 8.45. The van der Waals surface area contributed by atoms with E-state index >= 15 is 0 Å². The van der Waals surface area contributed by atoms with E-state index in [1.165, 1.54) is 0 Å². The number of nitrogens with zero attached hydrogens (tertiary/aromatic N) is 1. The van der Waals surface area contributed by atoms with Crippen LogP contribution in [-0.4, -0.2) is 7.11 Å². The van der Waals surface area contributed by atoms with Crippen LogP contribution in [-0.2, 0) is 0 Å². The lowest BCUT2D eigenvalue weighted by atomic mass is 10.1. The SMILES string of the molecule is CC/C(C#N)=C/c1ccc(OC)cc1. The molecule has 2 heteroatoms. The van der Waals surface area contributed by atoms with E-state index in [-0.39, 0.29) is 0 Å². The Hall–Kier alpha value is -1.75. The normalized spacial score (nSPS) is 10.8. The molecule has 0 saturated heterocycles. The van der Waals surface area contributed by atoms with E-state index in [2.05, 4.69) is 6.07 Å². The zero-order chi connectivity index (χ0) is 10.4. The van der Waals surface area contributed by atoms with Crippen LogP contribution in [0, 0.1) is 11.3 Å². The number of methoxy groups -OCH3 is 1. The fourth-order valence-electron chi connectivity index (χ4n) is 1.11. The lowest BCUT2D eigenvalue weighted by Crippen LogP contribution is -1.82. The van der Waals surface area contributed by atoms with E-state index in [9.17, 15) is 0 Å². The first-order chi connectivity index (χ1) is 6.80. The number of ether oxygens (including phenoxy) is 1. The van der Waals surface area contributed by atoms with E-state index in [0.717, 1.165) is 23.3 Å². The molecule has 0 aliphatic rings. The van der Waals surface area contributed by atoms with Gasteiger partial charge in [0.1, 0.15) is 5.75 Å². The molecule has 1 aromatic rings. The van der Waals surface area contributed by atoms with Crippen LogP contribution in [0.5, 0.6) is 5.75 Å². The number of hydrogen-bond donors (Lipinski definition) is 0. The molecule has 0 radical (unpaired) electrons. The Kier molecular flexibility index (Phi) is 3.75. The largest absolute Gasteiger partial charge is 0.497 e. The Morgan fingerprint density at radius 3 is 2.50 bits per heavy atom. The molecule has 14 heavy (non-hydrogen) atoms. The van der Waals surface area contributed by atoms with Crippen LogP contribution >= 0.6 is 0 Å². The van der Waals surface area contributed by atoms with Gasteiger partial charge in [0.05, 0.1) is 13.2 Å². The summed E-state index contributed by atoms with van der Waals surface area (Å²) in [6.45, 7) is 1.97. The molecule has 0 fully saturated rings. The summed E-state index contributed by atoms with van der Waals surface area (Å²) < 4.78 is 5.04. The van der Waals surface area contributed by atoms with Crippen molar-refractivity contribution in [2.75, 3.05) is 7.11 Å². The molecule has 0 atom stereocenters. The summed E-state index contributed by atoms with van der Waals surface area (Å²) in [6, 6.07) is 9.80. The van der Waals surface area contributed by atoms with Gasteiger partial charge >= 0.3 is 0 Å². The van der Waals surface area contributed by atoms with Crippen molar-refractivity contribution in [3.8, 4) is 11.8 Å². The molecule has 0 aromatic heterocycles. The van der Waals surface area contributed by atoms with Crippen LogP contribution in [0.15, 0.2) is 29.8 Å². The molecular weight excluding hydrogens is 174 g/mol. The maximum absolute atomic E-state index is 8.75. The van der Waals surface area contributed by atoms with Crippen molar-refractivity contribution in [3.05, 3.63) is 35.4 Å². The highest BCUT2D eigenvalue weighted by molar-refractivity contribution is 5.57. The van der Waals surface area contributed by atoms with Gasteiger partial charge in [-0.2, -0.15) is 5.26 Å². The number of benzene rings is 1. The van der Waals surface area contributed by atoms with Gasteiger partial charge < -0.3 is 4.74 Å². The van der Waals surface area contributed by atoms with Crippen molar-refractivity contribution in [2.45, 2.75) is 13.3 Å². The van der Waals surface area contributed by atoms with Gasteiger partial charge in [0, 0.05) is 5.57 Å². The predicted octanol–water partition coefficient (Wildman–Crippen LogP) is 3.01. The van der Waals surface area contributed by atoms with Crippen LogP contribution in [0.3, 0.4) is 0 Å². The molecule has 0 unspecified atom stereocenters. The van der Waals surface area contributed by atoms with Gasteiger partial charge in [0.25, 0.3) is 0 Å². The van der Waals surface area contributed by atoms with Crippen molar-refractivity contribution < 1.29 is 4.74 Å². The van der Waals surface area contributed by atoms with Gasteiger partial charge in [-0.15, -0.1) is 0 Å². The summed E-state index contributed by atoms with van der Waals surface area (Å²) in [7, 11) is 1.64. The minimum Gasteiger partial charge on any atom is -0.497 e. The smallest absolute Gasteiger partial charge is 0.118 e. The molecule has 0 aliphatic carbocycles. The topological polar surface area (TPSA) is 33.0 Å². The van der Waals surface area contributed by atoms with Gasteiger partial charge in [-0.25, -0.2) is 0 Å². The first kappa shape index (κ1) is 10.3. The molecular formula is C12H13NO. The first-order valence-electron chi connectivity index (χ1n) is 4.55. The Morgan fingerprint density at radius 1 is 1.43 bits per heavy atom. The Morgan fingerprint density at radius 2 is 2.07 bits per heavy atom. The molecule has 0 bridgehead atoms. The standard InChI is InChI=1S/C12H13NO/c1-3-10(9-13)8-11-4-6-12(14-2)7-5-11/h4-8H,3H2,1-2H3/b10-8-. The predicted molar refractivity (Wildman–Crippen MR) is 56.9 cm³/mol. The maximum atomic E-state index is 8.75. The number of rotatable bonds is 3. The van der Waals surface area contributed by atoms with Gasteiger partial charge in [-0.1, -0.05) is 19.1 Å². The lowest BCUT2D eigenvalue weighted by Gasteiger charge is -1.99. The Balaban J connectivity index is 2.88. The average Bonchev–Trinajstić information content (AvgIpc) is 2.26. The molecule has 0 heterocycles. The summed E-state index contributed by atoms with van der Waals surface area (Å²) >= 11 is 0. The van der Waals surface area contributed by atoms with Crippen LogP contribution in [0.25, 0.3) is 6.08 Å². The third kappa shape index (κ3) is 2.63. The molecule has 0 spiro atoms. The summed E-state index contributed by atoms with van der Waals surface area (Å²) in [4.78, 5) is 0. The first-order valence-corrected chi connectivity index (χ1v) is 4.55. The monoisotopic (exact) mass is 187 g/mol. The van der Waals surface area contributed by atoms with Crippen LogP contribution in [0.4, 0.5) is 0 Å². The number of hydrogen-bond acceptors (Lipinski definition) is 2. The Bertz CT molecular complexity index is 357. The summed E-state index contributed by atoms with van der Waals surface area (Å²) in [5, 5.41) is 8.75. The number of allylic oxidation sites excluding steroid dienone is 1. The van der Waals surface area contributed by atoms with Crippen LogP contribution < -0.4 is 4.74 Å². The van der Waals surface area contributed by atoms with E-state index in [1.54, 1.807) is 7.11 Å². The third-order valence-electron chi connectivity index (χ3n) is 1.98. The van der Waals surface area contributed by atoms with E-state index < -0.39 is 0 Å². The van der Waals surface area contributed by atoms with Crippen molar-refractivity contribution >= 4 is 6.08 Å². The highest BCUT2D eigenvalue weighted by Crippen LogP contribution is 2.14. The molecule has 2 nitrogen and oxygen atoms in total. The minimum atomic E-state index is 0.766. The highest BCUT2D eigenvalue weighted by Gasteiger charge is 1.94. The molecule has 1 aromatic carbocycles. The second kappa shape index (κ2) is 5.08. The minimum absolute atomic E-state index is 0.766. The molecule has 0 amide bonds. The second-order valence-electron chi connectivity index (χ2n) is 2.91. The van der Waals surface area contributed by atoms with Gasteiger partial charge in [-0.3, -0.25) is 0 Å². The van der Waals surface area contributed by atoms with Gasteiger partial charge in [0.15, 0.2) is 0 Å². The summed E-state index contributed by atoms with van der Waals surface area (Å²) in [5.74, 6) is 0.831. The highest BCUT2D eigenvalue weighted by atomic mass is 16.5. The van der Waals surface area contributed by atoms with E-state index in [1.807, 2.05) is 37.3 Å². The van der Waals surface area contributed by atoms with E-state index in [4.69, 9.17) is 10.00 Å². The fraction of sp³-hybridized carbons (Fsp3) is 0.250. The average molecular weight is 187 g/mol. The summed E-state index contributed by atoms with van der Waals surface area (Å²) in [6.07, 6.45) is 2.65. The summed E-state index contributed by atoms with van der Waals surface area (Å²) in [5.41, 5.74) is 1.82. The quantitative estimate of drug-likeness (QED) is 0.681. The second-order valence-corrected chi connectivity index (χ2v) is 2.91. The van der Waals surface area contributed by atoms with Crippen LogP contribution in [0.2, 0.25) is 0 Å². The van der Waals surface area contributed by atoms with Gasteiger partial charge in [0.2, 0.25) is 0 Å². The molecule has 0 saturated carbocycles. The van der Waals surface area contributed by atoms with Crippen molar-refractivity contribution in [1.82, 2.24) is 0 Å². The van der Waals surface area contributed by atoms with Crippen molar-refractivity contribution in [3.63, 3.8) is 0 Å². The molecule has 0 aliphatic heterocycles. The third-order valence-corrected chi connectivity index (χ3v) is 1.98.